The van der Waals surface area contributed by atoms with Gasteiger partial charge in [-0.1, -0.05) is 20.8 Å². The van der Waals surface area contributed by atoms with Gasteiger partial charge in [-0.15, -0.1) is 0 Å². The zero-order chi connectivity index (χ0) is 13.5. The Kier molecular flexibility index (Phi) is 6.65. The number of hydrogen-bond donors (Lipinski definition) is 1. The zero-order valence-electron chi connectivity index (χ0n) is 12.4. The molecule has 0 aromatic carbocycles. The van der Waals surface area contributed by atoms with Crippen LogP contribution in [0.5, 0.6) is 0 Å². The van der Waals surface area contributed by atoms with Crippen molar-refractivity contribution in [1.82, 2.24) is 15.1 Å². The van der Waals surface area contributed by atoms with E-state index in [-0.39, 0.29) is 0 Å². The maximum Gasteiger partial charge on any atom is 0.223 e. The second kappa shape index (κ2) is 7.74. The Hall–Kier alpha value is -0.610. The lowest BCUT2D eigenvalue weighted by Crippen LogP contribution is -2.51. The van der Waals surface area contributed by atoms with Gasteiger partial charge in [0.1, 0.15) is 0 Å². The van der Waals surface area contributed by atoms with Crippen molar-refractivity contribution < 1.29 is 4.79 Å². The van der Waals surface area contributed by atoms with Gasteiger partial charge in [-0.2, -0.15) is 0 Å². The molecule has 1 heterocycles. The Morgan fingerprint density at radius 3 is 2.28 bits per heavy atom. The molecule has 0 aromatic heterocycles. The molecule has 0 aromatic rings. The highest BCUT2D eigenvalue weighted by Crippen LogP contribution is 2.09. The highest BCUT2D eigenvalue weighted by atomic mass is 16.2. The van der Waals surface area contributed by atoms with E-state index >= 15 is 0 Å². The molecule has 1 N–H and O–H groups in total. The first-order valence-electron chi connectivity index (χ1n) is 7.29. The first kappa shape index (κ1) is 15.4. The molecule has 4 nitrogen and oxygen atoms in total. The fraction of sp³-hybridized carbons (Fsp3) is 0.929. The van der Waals surface area contributed by atoms with Crippen LogP contribution in [-0.4, -0.2) is 60.5 Å². The van der Waals surface area contributed by atoms with E-state index in [4.69, 9.17) is 0 Å². The van der Waals surface area contributed by atoms with E-state index in [1.54, 1.807) is 0 Å². The normalized spacial score (nSPS) is 19.3. The summed E-state index contributed by atoms with van der Waals surface area (Å²) in [5, 5.41) is 3.29. The molecule has 1 rings (SSSR count). The summed E-state index contributed by atoms with van der Waals surface area (Å²) in [5.41, 5.74) is 0. The maximum atomic E-state index is 12.0. The van der Waals surface area contributed by atoms with Crippen molar-refractivity contribution in [3.05, 3.63) is 0 Å². The van der Waals surface area contributed by atoms with Gasteiger partial charge in [-0.3, -0.25) is 9.69 Å². The number of piperazine rings is 1. The maximum absolute atomic E-state index is 12.0. The Morgan fingerprint density at radius 2 is 1.78 bits per heavy atom. The van der Waals surface area contributed by atoms with E-state index in [2.05, 4.69) is 37.9 Å². The molecule has 18 heavy (non-hydrogen) atoms. The van der Waals surface area contributed by atoms with Crippen LogP contribution in [0.4, 0.5) is 0 Å². The van der Waals surface area contributed by atoms with Crippen molar-refractivity contribution in [3.8, 4) is 0 Å². The van der Waals surface area contributed by atoms with Crippen LogP contribution >= 0.6 is 0 Å². The standard InChI is InChI=1S/C14H29N3O/c1-5-13(4)16-8-10-17(11-9-16)14(18)6-7-15-12(2)3/h12-13,15H,5-11H2,1-4H3. The quantitative estimate of drug-likeness (QED) is 0.777. The van der Waals surface area contributed by atoms with E-state index in [0.717, 1.165) is 32.7 Å². The summed E-state index contributed by atoms with van der Waals surface area (Å²) in [6.45, 7) is 13.3. The molecule has 0 radical (unpaired) electrons. The Balaban J connectivity index is 2.23. The van der Waals surface area contributed by atoms with E-state index < -0.39 is 0 Å². The highest BCUT2D eigenvalue weighted by molar-refractivity contribution is 5.76. The van der Waals surface area contributed by atoms with Gasteiger partial charge in [0.15, 0.2) is 0 Å². The van der Waals surface area contributed by atoms with Crippen LogP contribution in [0.25, 0.3) is 0 Å². The second-order valence-electron chi connectivity index (χ2n) is 5.53. The van der Waals surface area contributed by atoms with Crippen LogP contribution in [0.2, 0.25) is 0 Å². The molecule has 0 saturated carbocycles. The average Bonchev–Trinajstić information content (AvgIpc) is 2.37. The van der Waals surface area contributed by atoms with E-state index in [1.807, 2.05) is 4.90 Å². The van der Waals surface area contributed by atoms with Gasteiger partial charge >= 0.3 is 0 Å². The minimum Gasteiger partial charge on any atom is -0.340 e. The lowest BCUT2D eigenvalue weighted by molar-refractivity contribution is -0.133. The molecule has 4 heteroatoms. The molecular formula is C14H29N3O. The Morgan fingerprint density at radius 1 is 1.17 bits per heavy atom. The van der Waals surface area contributed by atoms with Crippen LogP contribution < -0.4 is 5.32 Å². The van der Waals surface area contributed by atoms with Crippen molar-refractivity contribution in [2.75, 3.05) is 32.7 Å². The summed E-state index contributed by atoms with van der Waals surface area (Å²) in [6.07, 6.45) is 1.81. The number of rotatable bonds is 6. The molecule has 1 fully saturated rings. The molecule has 1 unspecified atom stereocenters. The molecule has 0 spiro atoms. The summed E-state index contributed by atoms with van der Waals surface area (Å²) in [4.78, 5) is 16.5. The van der Waals surface area contributed by atoms with E-state index in [1.165, 1.54) is 6.42 Å². The third-order valence-corrected chi connectivity index (χ3v) is 3.77. The number of hydrogen-bond acceptors (Lipinski definition) is 3. The predicted octanol–water partition coefficient (Wildman–Crippen LogP) is 1.32. The minimum atomic E-state index is 0.298. The van der Waals surface area contributed by atoms with Crippen molar-refractivity contribution in [3.63, 3.8) is 0 Å². The van der Waals surface area contributed by atoms with Crippen LogP contribution in [-0.2, 0) is 4.79 Å². The van der Waals surface area contributed by atoms with E-state index in [0.29, 0.717) is 24.4 Å². The van der Waals surface area contributed by atoms with Gasteiger partial charge in [-0.05, 0) is 13.3 Å². The minimum absolute atomic E-state index is 0.298. The smallest absolute Gasteiger partial charge is 0.223 e. The van der Waals surface area contributed by atoms with Gasteiger partial charge in [0.25, 0.3) is 0 Å². The lowest BCUT2D eigenvalue weighted by Gasteiger charge is -2.37. The molecule has 1 saturated heterocycles. The van der Waals surface area contributed by atoms with Crippen LogP contribution in [0, 0.1) is 0 Å². The summed E-state index contributed by atoms with van der Waals surface area (Å²) < 4.78 is 0. The number of carbonyl (C=O) groups excluding carboxylic acids is 1. The third kappa shape index (κ3) is 4.94. The lowest BCUT2D eigenvalue weighted by atomic mass is 10.2. The summed E-state index contributed by atoms with van der Waals surface area (Å²) in [5.74, 6) is 0.298. The summed E-state index contributed by atoms with van der Waals surface area (Å²) in [6, 6.07) is 1.10. The zero-order valence-corrected chi connectivity index (χ0v) is 12.4. The molecular weight excluding hydrogens is 226 g/mol. The monoisotopic (exact) mass is 255 g/mol. The van der Waals surface area contributed by atoms with Crippen molar-refractivity contribution >= 4 is 5.91 Å². The van der Waals surface area contributed by atoms with Crippen LogP contribution in [0.3, 0.4) is 0 Å². The van der Waals surface area contributed by atoms with Gasteiger partial charge in [-0.25, -0.2) is 0 Å². The van der Waals surface area contributed by atoms with Gasteiger partial charge in [0.05, 0.1) is 0 Å². The second-order valence-corrected chi connectivity index (χ2v) is 5.53. The van der Waals surface area contributed by atoms with E-state index in [9.17, 15) is 4.79 Å². The first-order chi connectivity index (χ1) is 8.54. The predicted molar refractivity (Wildman–Crippen MR) is 75.7 cm³/mol. The average molecular weight is 255 g/mol. The molecule has 1 amide bonds. The molecule has 1 aliphatic rings. The number of carbonyl (C=O) groups is 1. The molecule has 106 valence electrons. The number of nitrogens with one attached hydrogen (secondary N) is 1. The fourth-order valence-electron chi connectivity index (χ4n) is 2.30. The van der Waals surface area contributed by atoms with Gasteiger partial charge in [0, 0.05) is 51.2 Å². The van der Waals surface area contributed by atoms with Crippen molar-refractivity contribution in [2.24, 2.45) is 0 Å². The van der Waals surface area contributed by atoms with Crippen LogP contribution in [0.1, 0.15) is 40.5 Å². The first-order valence-corrected chi connectivity index (χ1v) is 7.29. The highest BCUT2D eigenvalue weighted by Gasteiger charge is 2.22. The van der Waals surface area contributed by atoms with Crippen molar-refractivity contribution in [2.45, 2.75) is 52.6 Å². The van der Waals surface area contributed by atoms with Crippen molar-refractivity contribution in [1.29, 1.82) is 0 Å². The molecule has 0 aliphatic carbocycles. The largest absolute Gasteiger partial charge is 0.340 e. The third-order valence-electron chi connectivity index (χ3n) is 3.77. The molecule has 1 aliphatic heterocycles. The van der Waals surface area contributed by atoms with Crippen LogP contribution in [0.15, 0.2) is 0 Å². The topological polar surface area (TPSA) is 35.6 Å². The fourth-order valence-corrected chi connectivity index (χ4v) is 2.30. The van der Waals surface area contributed by atoms with Gasteiger partial charge < -0.3 is 10.2 Å². The Bertz CT molecular complexity index is 247. The number of nitrogens with zero attached hydrogens (tertiary/aromatic N) is 2. The number of amides is 1. The summed E-state index contributed by atoms with van der Waals surface area (Å²) in [7, 11) is 0. The van der Waals surface area contributed by atoms with Gasteiger partial charge in [0.2, 0.25) is 5.91 Å². The molecule has 1 atom stereocenters. The SMILES string of the molecule is CCC(C)N1CCN(C(=O)CCNC(C)C)CC1. The molecule has 0 bridgehead atoms. The Labute approximate surface area is 112 Å². The summed E-state index contributed by atoms with van der Waals surface area (Å²) >= 11 is 0.